The molecule has 2 rings (SSSR count). The van der Waals surface area contributed by atoms with Crippen molar-refractivity contribution in [2.45, 2.75) is 53.6 Å². The summed E-state index contributed by atoms with van der Waals surface area (Å²) in [5.41, 5.74) is 7.03. The topological polar surface area (TPSA) is 61.4 Å². The molecular weight excluding hydrogens is 372 g/mol. The van der Waals surface area contributed by atoms with Crippen molar-refractivity contribution in [3.05, 3.63) is 63.2 Å². The summed E-state index contributed by atoms with van der Waals surface area (Å²) in [4.78, 5) is 11.0. The number of nitrogens with one attached hydrogen (secondary N) is 2. The van der Waals surface area contributed by atoms with Gasteiger partial charge >= 0.3 is 5.97 Å². The lowest BCUT2D eigenvalue weighted by Gasteiger charge is -2.23. The van der Waals surface area contributed by atoms with Crippen LogP contribution < -0.4 is 10.6 Å². The quantitative estimate of drug-likeness (QED) is 0.508. The van der Waals surface area contributed by atoms with Crippen molar-refractivity contribution in [1.82, 2.24) is 5.32 Å². The Morgan fingerprint density at radius 3 is 2.50 bits per heavy atom. The van der Waals surface area contributed by atoms with E-state index >= 15 is 0 Å². The molecule has 0 heterocycles. The molecule has 0 fully saturated rings. The second kappa shape index (κ2) is 9.94. The Labute approximate surface area is 173 Å². The minimum atomic E-state index is -0.779. The molecule has 3 N–H and O–H groups in total. The van der Waals surface area contributed by atoms with E-state index in [0.717, 1.165) is 22.7 Å². The number of carbonyl (C=O) groups is 1. The largest absolute Gasteiger partial charge is 0.481 e. The van der Waals surface area contributed by atoms with Crippen molar-refractivity contribution < 1.29 is 9.90 Å². The van der Waals surface area contributed by atoms with Crippen LogP contribution in [-0.4, -0.2) is 17.6 Å². The highest BCUT2D eigenvalue weighted by Gasteiger charge is 2.15. The van der Waals surface area contributed by atoms with Gasteiger partial charge in [-0.3, -0.25) is 4.79 Å². The summed E-state index contributed by atoms with van der Waals surface area (Å²) >= 11 is 6.26. The Kier molecular flexibility index (Phi) is 7.90. The Bertz CT molecular complexity index is 836. The number of anilines is 1. The number of carboxylic acids is 1. The molecule has 0 radical (unpaired) electrons. The van der Waals surface area contributed by atoms with E-state index in [4.69, 9.17) is 16.7 Å². The van der Waals surface area contributed by atoms with Crippen LogP contribution in [-0.2, 0) is 11.3 Å². The molecule has 0 aliphatic heterocycles. The summed E-state index contributed by atoms with van der Waals surface area (Å²) in [6, 6.07) is 10.6. The van der Waals surface area contributed by atoms with Crippen LogP contribution in [0.5, 0.6) is 0 Å². The molecule has 0 saturated heterocycles. The van der Waals surface area contributed by atoms with Gasteiger partial charge < -0.3 is 15.7 Å². The van der Waals surface area contributed by atoms with Gasteiger partial charge in [0.15, 0.2) is 0 Å². The average molecular weight is 403 g/mol. The SMILES string of the molecule is CC[C@@H](Nc1ccc(C)c(CNCC(C)C(=O)O)c1)c1ccc(Cl)c(C)c1C. The van der Waals surface area contributed by atoms with Crippen LogP contribution in [0.25, 0.3) is 0 Å². The van der Waals surface area contributed by atoms with Crippen LogP contribution in [0.15, 0.2) is 30.3 Å². The summed E-state index contributed by atoms with van der Waals surface area (Å²) < 4.78 is 0. The fraction of sp³-hybridized carbons (Fsp3) is 0.435. The predicted octanol–water partition coefficient (Wildman–Crippen LogP) is 5.64. The third-order valence-electron chi connectivity index (χ3n) is 5.42. The number of benzene rings is 2. The second-order valence-electron chi connectivity index (χ2n) is 7.50. The number of rotatable bonds is 9. The van der Waals surface area contributed by atoms with Crippen molar-refractivity contribution in [3.8, 4) is 0 Å². The van der Waals surface area contributed by atoms with E-state index in [1.54, 1.807) is 6.92 Å². The Morgan fingerprint density at radius 1 is 1.14 bits per heavy atom. The first-order valence-electron chi connectivity index (χ1n) is 9.79. The summed E-state index contributed by atoms with van der Waals surface area (Å²) in [5.74, 6) is -1.18. The minimum Gasteiger partial charge on any atom is -0.481 e. The van der Waals surface area contributed by atoms with E-state index in [1.807, 2.05) is 6.07 Å². The number of halogens is 1. The molecule has 0 saturated carbocycles. The van der Waals surface area contributed by atoms with Crippen molar-refractivity contribution in [2.24, 2.45) is 5.92 Å². The number of hydrogen-bond acceptors (Lipinski definition) is 3. The lowest BCUT2D eigenvalue weighted by Crippen LogP contribution is -2.26. The second-order valence-corrected chi connectivity index (χ2v) is 7.91. The zero-order valence-corrected chi connectivity index (χ0v) is 18.2. The van der Waals surface area contributed by atoms with Crippen LogP contribution in [0.4, 0.5) is 5.69 Å². The third kappa shape index (κ3) is 5.49. The van der Waals surface area contributed by atoms with Crippen LogP contribution >= 0.6 is 11.6 Å². The van der Waals surface area contributed by atoms with Gasteiger partial charge in [0.05, 0.1) is 12.0 Å². The standard InChI is InChI=1S/C23H31ClN2O2/c1-6-22(20-9-10-21(24)17(5)16(20)4)26-19-8-7-14(2)18(11-19)13-25-12-15(3)23(27)28/h7-11,15,22,25-26H,6,12-13H2,1-5H3,(H,27,28)/t15?,22-/m1/s1. The molecule has 0 bridgehead atoms. The fourth-order valence-electron chi connectivity index (χ4n) is 3.25. The predicted molar refractivity (Wildman–Crippen MR) is 117 cm³/mol. The molecule has 0 spiro atoms. The molecule has 152 valence electrons. The zero-order chi connectivity index (χ0) is 20.8. The fourth-order valence-corrected chi connectivity index (χ4v) is 3.45. The maximum absolute atomic E-state index is 11.0. The molecule has 28 heavy (non-hydrogen) atoms. The van der Waals surface area contributed by atoms with Gasteiger partial charge in [0.2, 0.25) is 0 Å². The number of hydrogen-bond donors (Lipinski definition) is 3. The van der Waals surface area contributed by atoms with Crippen molar-refractivity contribution in [2.75, 3.05) is 11.9 Å². The molecule has 5 heteroatoms. The third-order valence-corrected chi connectivity index (χ3v) is 5.83. The summed E-state index contributed by atoms with van der Waals surface area (Å²) in [6.45, 7) is 11.2. The molecule has 2 atom stereocenters. The summed E-state index contributed by atoms with van der Waals surface area (Å²) in [5, 5.41) is 16.7. The lowest BCUT2D eigenvalue weighted by atomic mass is 9.95. The molecule has 0 aliphatic carbocycles. The zero-order valence-electron chi connectivity index (χ0n) is 17.4. The number of aryl methyl sites for hydroxylation is 1. The van der Waals surface area contributed by atoms with Gasteiger partial charge in [0, 0.05) is 23.8 Å². The first-order valence-corrected chi connectivity index (χ1v) is 10.2. The van der Waals surface area contributed by atoms with Gasteiger partial charge in [-0.25, -0.2) is 0 Å². The van der Waals surface area contributed by atoms with Gasteiger partial charge in [0.25, 0.3) is 0 Å². The Balaban J connectivity index is 2.14. The first kappa shape index (κ1) is 22.3. The maximum Gasteiger partial charge on any atom is 0.307 e. The van der Waals surface area contributed by atoms with E-state index in [9.17, 15) is 4.79 Å². The Morgan fingerprint density at radius 2 is 1.86 bits per heavy atom. The van der Waals surface area contributed by atoms with E-state index < -0.39 is 11.9 Å². The van der Waals surface area contributed by atoms with Gasteiger partial charge in [0.1, 0.15) is 0 Å². The van der Waals surface area contributed by atoms with Crippen molar-refractivity contribution in [3.63, 3.8) is 0 Å². The van der Waals surface area contributed by atoms with Gasteiger partial charge in [-0.05, 0) is 73.2 Å². The van der Waals surface area contributed by atoms with Gasteiger partial charge in [-0.15, -0.1) is 0 Å². The molecule has 0 aliphatic rings. The van der Waals surface area contributed by atoms with Crippen LogP contribution in [0.3, 0.4) is 0 Å². The molecule has 1 unspecified atom stereocenters. The van der Waals surface area contributed by atoms with Crippen LogP contribution in [0.1, 0.15) is 54.1 Å². The number of carboxylic acid groups (broad SMARTS) is 1. The summed E-state index contributed by atoms with van der Waals surface area (Å²) in [6.07, 6.45) is 0.958. The van der Waals surface area contributed by atoms with Crippen LogP contribution in [0.2, 0.25) is 5.02 Å². The Hall–Kier alpha value is -2.04. The van der Waals surface area contributed by atoms with Crippen molar-refractivity contribution in [1.29, 1.82) is 0 Å². The van der Waals surface area contributed by atoms with E-state index in [2.05, 4.69) is 62.6 Å². The van der Waals surface area contributed by atoms with E-state index in [-0.39, 0.29) is 6.04 Å². The number of aliphatic carboxylic acids is 1. The van der Waals surface area contributed by atoms with Crippen LogP contribution in [0, 0.1) is 26.7 Å². The van der Waals surface area contributed by atoms with Gasteiger partial charge in [-0.2, -0.15) is 0 Å². The molecule has 2 aromatic rings. The normalized spacial score (nSPS) is 13.2. The van der Waals surface area contributed by atoms with Crippen molar-refractivity contribution >= 4 is 23.3 Å². The monoisotopic (exact) mass is 402 g/mol. The maximum atomic E-state index is 11.0. The van der Waals surface area contributed by atoms with E-state index in [1.165, 1.54) is 22.3 Å². The smallest absolute Gasteiger partial charge is 0.307 e. The highest BCUT2D eigenvalue weighted by Crippen LogP contribution is 2.30. The average Bonchev–Trinajstić information content (AvgIpc) is 2.66. The van der Waals surface area contributed by atoms with Gasteiger partial charge in [-0.1, -0.05) is 37.6 Å². The molecule has 0 amide bonds. The molecule has 4 nitrogen and oxygen atoms in total. The first-order chi connectivity index (χ1) is 13.2. The summed E-state index contributed by atoms with van der Waals surface area (Å²) in [7, 11) is 0. The molecule has 0 aromatic heterocycles. The lowest BCUT2D eigenvalue weighted by molar-refractivity contribution is -0.140. The molecule has 2 aromatic carbocycles. The highest BCUT2D eigenvalue weighted by atomic mass is 35.5. The van der Waals surface area contributed by atoms with E-state index in [0.29, 0.717) is 13.1 Å². The molecular formula is C23H31ClN2O2. The highest BCUT2D eigenvalue weighted by molar-refractivity contribution is 6.31. The minimum absolute atomic E-state index is 0.200.